The van der Waals surface area contributed by atoms with Gasteiger partial charge >= 0.3 is 6.01 Å². The number of phenolic OH excluding ortho intramolecular Hbond substituents is 1. The van der Waals surface area contributed by atoms with Crippen LogP contribution in [0.2, 0.25) is 0 Å². The van der Waals surface area contributed by atoms with E-state index in [1.54, 1.807) is 18.2 Å². The van der Waals surface area contributed by atoms with Crippen molar-refractivity contribution in [3.05, 3.63) is 65.5 Å². The van der Waals surface area contributed by atoms with Crippen molar-refractivity contribution in [2.24, 2.45) is 0 Å². The topological polar surface area (TPSA) is 73.8 Å². The maximum Gasteiger partial charge on any atom is 0.319 e. The van der Waals surface area contributed by atoms with E-state index in [0.29, 0.717) is 41.8 Å². The molecule has 9 heteroatoms. The Morgan fingerprint density at radius 3 is 2.67 bits per heavy atom. The number of ether oxygens (including phenoxy) is 1. The first kappa shape index (κ1) is 26.6. The number of aromatic hydroxyl groups is 1. The fraction of sp³-hybridized carbons (Fsp3) is 0.412. The number of anilines is 1. The minimum absolute atomic E-state index is 0.104. The number of nitrogens with zero attached hydrogens (tertiary/aromatic N) is 4. The van der Waals surface area contributed by atoms with Gasteiger partial charge in [0, 0.05) is 49.1 Å². The van der Waals surface area contributed by atoms with Crippen LogP contribution in [0.15, 0.2) is 48.5 Å². The zero-order valence-corrected chi connectivity index (χ0v) is 23.8. The van der Waals surface area contributed by atoms with Gasteiger partial charge in [-0.15, -0.1) is 0 Å². The first-order valence-corrected chi connectivity index (χ1v) is 15.2. The third-order valence-electron chi connectivity index (χ3n) is 9.69. The molecule has 0 amide bonds. The number of alkyl halides is 1. The third-order valence-corrected chi connectivity index (χ3v) is 9.69. The van der Waals surface area contributed by atoms with Crippen LogP contribution in [0, 0.1) is 17.7 Å². The van der Waals surface area contributed by atoms with E-state index in [2.05, 4.69) is 31.9 Å². The minimum Gasteiger partial charge on any atom is -0.508 e. The molecule has 4 fully saturated rings. The quantitative estimate of drug-likeness (QED) is 0.332. The van der Waals surface area contributed by atoms with E-state index in [1.807, 2.05) is 30.3 Å². The largest absolute Gasteiger partial charge is 0.508 e. The van der Waals surface area contributed by atoms with Gasteiger partial charge in [-0.3, -0.25) is 4.90 Å². The Morgan fingerprint density at radius 1 is 1.00 bits per heavy atom. The Bertz CT molecular complexity index is 1790. The van der Waals surface area contributed by atoms with Crippen molar-refractivity contribution in [2.75, 3.05) is 37.7 Å². The van der Waals surface area contributed by atoms with E-state index in [9.17, 15) is 9.50 Å². The molecule has 4 atom stereocenters. The highest BCUT2D eigenvalue weighted by atomic mass is 19.1. The van der Waals surface area contributed by atoms with Gasteiger partial charge in [-0.1, -0.05) is 36.1 Å². The van der Waals surface area contributed by atoms with Crippen molar-refractivity contribution in [1.82, 2.24) is 20.2 Å². The van der Waals surface area contributed by atoms with E-state index < -0.39 is 12.0 Å². The number of aromatic nitrogens is 2. The summed E-state index contributed by atoms with van der Waals surface area (Å²) in [5.74, 6) is 6.28. The second kappa shape index (κ2) is 10.3. The Balaban J connectivity index is 1.19. The molecule has 0 spiro atoms. The monoisotopic (exact) mass is 581 g/mol. The van der Waals surface area contributed by atoms with Gasteiger partial charge in [0.2, 0.25) is 0 Å². The molecular formula is C34H33F2N5O2. The second-order valence-corrected chi connectivity index (χ2v) is 12.5. The lowest BCUT2D eigenvalue weighted by Gasteiger charge is -2.34. The zero-order chi connectivity index (χ0) is 29.1. The van der Waals surface area contributed by atoms with Gasteiger partial charge in [-0.25, -0.2) is 8.78 Å². The molecule has 220 valence electrons. The summed E-state index contributed by atoms with van der Waals surface area (Å²) >= 11 is 0. The van der Waals surface area contributed by atoms with Gasteiger partial charge in [0.25, 0.3) is 0 Å². The number of fused-ring (bicyclic) bond motifs is 5. The highest BCUT2D eigenvalue weighted by molar-refractivity contribution is 5.92. The summed E-state index contributed by atoms with van der Waals surface area (Å²) in [6.45, 7) is 3.12. The van der Waals surface area contributed by atoms with Crippen LogP contribution in [-0.2, 0) is 0 Å². The Hall–Kier alpha value is -4.00. The lowest BCUT2D eigenvalue weighted by atomic mass is 9.95. The number of hydrogen-bond donors (Lipinski definition) is 2. The predicted molar refractivity (Wildman–Crippen MR) is 162 cm³/mol. The molecule has 4 saturated heterocycles. The Kier molecular flexibility index (Phi) is 6.39. The summed E-state index contributed by atoms with van der Waals surface area (Å²) in [6, 6.07) is 15.3. The lowest BCUT2D eigenvalue weighted by molar-refractivity contribution is 0.107. The summed E-state index contributed by atoms with van der Waals surface area (Å²) < 4.78 is 36.9. The van der Waals surface area contributed by atoms with Crippen LogP contribution in [0.3, 0.4) is 0 Å². The molecule has 0 radical (unpaired) electrons. The van der Waals surface area contributed by atoms with Crippen LogP contribution in [0.4, 0.5) is 14.6 Å². The van der Waals surface area contributed by atoms with Gasteiger partial charge < -0.3 is 20.1 Å². The number of piperazine rings is 1. The second-order valence-electron chi connectivity index (χ2n) is 12.5. The summed E-state index contributed by atoms with van der Waals surface area (Å²) in [7, 11) is 0. The third kappa shape index (κ3) is 4.73. The van der Waals surface area contributed by atoms with Gasteiger partial charge in [0.1, 0.15) is 29.9 Å². The van der Waals surface area contributed by atoms with Crippen molar-refractivity contribution in [2.45, 2.75) is 55.9 Å². The molecule has 7 nitrogen and oxygen atoms in total. The summed E-state index contributed by atoms with van der Waals surface area (Å²) in [4.78, 5) is 13.8. The average molecular weight is 582 g/mol. The smallest absolute Gasteiger partial charge is 0.319 e. The molecule has 43 heavy (non-hydrogen) atoms. The molecule has 4 aromatic rings. The van der Waals surface area contributed by atoms with Gasteiger partial charge in [0.05, 0.1) is 11.1 Å². The minimum atomic E-state index is -0.865. The predicted octanol–water partition coefficient (Wildman–Crippen LogP) is 4.92. The van der Waals surface area contributed by atoms with Crippen molar-refractivity contribution >= 4 is 27.5 Å². The van der Waals surface area contributed by atoms with Crippen LogP contribution in [-0.4, -0.2) is 76.6 Å². The number of hydrogen-bond acceptors (Lipinski definition) is 7. The van der Waals surface area contributed by atoms with E-state index in [1.165, 1.54) is 0 Å². The van der Waals surface area contributed by atoms with Gasteiger partial charge in [-0.2, -0.15) is 9.97 Å². The molecule has 0 aliphatic carbocycles. The number of nitrogens with one attached hydrogen (secondary N) is 1. The highest BCUT2D eigenvalue weighted by Gasteiger charge is 2.49. The van der Waals surface area contributed by atoms with Crippen molar-refractivity contribution < 1.29 is 18.6 Å². The molecule has 8 rings (SSSR count). The molecule has 4 aliphatic rings. The molecule has 1 aromatic heterocycles. The molecule has 4 aliphatic heterocycles. The van der Waals surface area contributed by atoms with E-state index in [4.69, 9.17) is 9.72 Å². The molecule has 2 bridgehead atoms. The summed E-state index contributed by atoms with van der Waals surface area (Å²) in [5, 5.41) is 16.2. The fourth-order valence-electron chi connectivity index (χ4n) is 7.68. The zero-order valence-electron chi connectivity index (χ0n) is 23.8. The fourth-order valence-corrected chi connectivity index (χ4v) is 7.68. The number of halogens is 2. The SMILES string of the molecule is Oc1cc(C#Cc2ccc3c(N4CC5CCC(C4)N5)nc(OC[C@@]45CCCN4C[C@H](F)C5)nc3c2F)c2ccccc2c1. The molecule has 0 saturated carbocycles. The first-order valence-electron chi connectivity index (χ1n) is 15.2. The van der Waals surface area contributed by atoms with E-state index in [-0.39, 0.29) is 35.0 Å². The average Bonchev–Trinajstić information content (AvgIpc) is 3.65. The van der Waals surface area contributed by atoms with E-state index in [0.717, 1.165) is 56.1 Å². The normalized spacial score (nSPS) is 26.6. The van der Waals surface area contributed by atoms with Crippen molar-refractivity contribution in [3.8, 4) is 23.6 Å². The number of rotatable bonds is 4. The van der Waals surface area contributed by atoms with Crippen LogP contribution >= 0.6 is 0 Å². The van der Waals surface area contributed by atoms with Gasteiger partial charge in [0.15, 0.2) is 5.82 Å². The number of benzene rings is 3. The molecule has 3 aromatic carbocycles. The maximum atomic E-state index is 16.3. The van der Waals surface area contributed by atoms with Crippen LogP contribution in [0.5, 0.6) is 11.8 Å². The molecule has 2 N–H and O–H groups in total. The van der Waals surface area contributed by atoms with Crippen LogP contribution in [0.1, 0.15) is 43.2 Å². The molecule has 2 unspecified atom stereocenters. The highest BCUT2D eigenvalue weighted by Crippen LogP contribution is 2.41. The Labute approximate surface area is 248 Å². The van der Waals surface area contributed by atoms with E-state index >= 15 is 4.39 Å². The van der Waals surface area contributed by atoms with Crippen LogP contribution in [0.25, 0.3) is 21.7 Å². The Morgan fingerprint density at radius 2 is 1.81 bits per heavy atom. The lowest BCUT2D eigenvalue weighted by Crippen LogP contribution is -2.51. The van der Waals surface area contributed by atoms with Crippen molar-refractivity contribution in [3.63, 3.8) is 0 Å². The van der Waals surface area contributed by atoms with Gasteiger partial charge in [-0.05, 0) is 67.3 Å². The van der Waals surface area contributed by atoms with Crippen LogP contribution < -0.4 is 15.0 Å². The summed E-state index contributed by atoms with van der Waals surface area (Å²) in [5.41, 5.74) is 0.616. The maximum absolute atomic E-state index is 16.3. The standard InChI is InChI=1S/C34H33F2N5O2/c35-24-16-34(12-3-13-41(34)17-24)20-43-33-38-31-29(32(39-33)40-18-25-9-10-26(19-40)37-25)11-8-21(30(31)36)6-7-23-15-27(42)14-22-4-1-2-5-28(22)23/h1-2,4-5,8,11,14-15,24-26,37,42H,3,9-10,12-13,16-20H2/t24-,25?,26?,34+/m1/s1. The van der Waals surface area contributed by atoms with Crippen molar-refractivity contribution in [1.29, 1.82) is 0 Å². The first-order chi connectivity index (χ1) is 20.9. The molecular weight excluding hydrogens is 548 g/mol. The summed E-state index contributed by atoms with van der Waals surface area (Å²) in [6.07, 6.45) is 3.66. The number of phenols is 1. The molecule has 5 heterocycles.